The highest BCUT2D eigenvalue weighted by atomic mass is 35.5. The van der Waals surface area contributed by atoms with Gasteiger partial charge >= 0.3 is 0 Å². The molecule has 1 aromatic rings. The zero-order chi connectivity index (χ0) is 10.2. The molecule has 4 heteroatoms. The Bertz CT molecular complexity index is 268. The Morgan fingerprint density at radius 3 is 2.79 bits per heavy atom. The first-order valence-electron chi connectivity index (χ1n) is 4.41. The summed E-state index contributed by atoms with van der Waals surface area (Å²) in [6.45, 7) is 1.71. The second-order valence-electron chi connectivity index (χ2n) is 2.75. The van der Waals surface area contributed by atoms with Crippen LogP contribution in [0.3, 0.4) is 0 Å². The van der Waals surface area contributed by atoms with Crippen molar-refractivity contribution in [3.05, 3.63) is 34.9 Å². The average molecular weight is 216 g/mol. The van der Waals surface area contributed by atoms with Crippen LogP contribution in [-0.2, 0) is 16.1 Å². The fourth-order valence-corrected chi connectivity index (χ4v) is 1.17. The van der Waals surface area contributed by atoms with Gasteiger partial charge in [-0.15, -0.1) is 0 Å². The number of rotatable bonds is 6. The zero-order valence-electron chi connectivity index (χ0n) is 8.13. The van der Waals surface area contributed by atoms with Crippen LogP contribution in [-0.4, -0.2) is 20.3 Å². The van der Waals surface area contributed by atoms with E-state index in [4.69, 9.17) is 21.2 Å². The Morgan fingerprint density at radius 2 is 2.07 bits per heavy atom. The molecule has 0 aliphatic carbocycles. The fraction of sp³-hybridized carbons (Fsp3) is 0.400. The van der Waals surface area contributed by atoms with Crippen LogP contribution in [0.5, 0.6) is 0 Å². The molecule has 0 aromatic heterocycles. The molecule has 0 aliphatic rings. The SMILES string of the molecule is COCCONCc1ccccc1Cl. The lowest BCUT2D eigenvalue weighted by Gasteiger charge is -2.06. The van der Waals surface area contributed by atoms with Gasteiger partial charge < -0.3 is 4.74 Å². The largest absolute Gasteiger partial charge is 0.382 e. The smallest absolute Gasteiger partial charge is 0.0916 e. The van der Waals surface area contributed by atoms with Crippen LogP contribution < -0.4 is 5.48 Å². The number of hydroxylamine groups is 1. The van der Waals surface area contributed by atoms with Gasteiger partial charge in [0.1, 0.15) is 0 Å². The van der Waals surface area contributed by atoms with Crippen LogP contribution in [0.4, 0.5) is 0 Å². The minimum atomic E-state index is 0.529. The summed E-state index contributed by atoms with van der Waals surface area (Å²) in [5.41, 5.74) is 3.83. The highest BCUT2D eigenvalue weighted by molar-refractivity contribution is 6.31. The second-order valence-corrected chi connectivity index (χ2v) is 3.16. The van der Waals surface area contributed by atoms with E-state index in [1.54, 1.807) is 7.11 Å². The lowest BCUT2D eigenvalue weighted by atomic mass is 10.2. The number of hydrogen-bond donors (Lipinski definition) is 1. The van der Waals surface area contributed by atoms with Gasteiger partial charge in [-0.25, -0.2) is 0 Å². The summed E-state index contributed by atoms with van der Waals surface area (Å²) >= 11 is 5.94. The molecule has 1 rings (SSSR count). The first-order chi connectivity index (χ1) is 6.84. The number of benzene rings is 1. The summed E-state index contributed by atoms with van der Waals surface area (Å²) in [6, 6.07) is 7.65. The number of nitrogens with one attached hydrogen (secondary N) is 1. The molecular formula is C10H14ClNO2. The lowest BCUT2D eigenvalue weighted by molar-refractivity contribution is 0.00347. The predicted molar refractivity (Wildman–Crippen MR) is 56.1 cm³/mol. The maximum Gasteiger partial charge on any atom is 0.0916 e. The van der Waals surface area contributed by atoms with Gasteiger partial charge in [0.2, 0.25) is 0 Å². The number of methoxy groups -OCH3 is 1. The van der Waals surface area contributed by atoms with E-state index in [0.29, 0.717) is 19.8 Å². The highest BCUT2D eigenvalue weighted by Crippen LogP contribution is 2.13. The molecule has 1 N–H and O–H groups in total. The maximum atomic E-state index is 5.94. The molecule has 0 spiro atoms. The summed E-state index contributed by atoms with van der Waals surface area (Å²) in [5, 5.41) is 0.746. The van der Waals surface area contributed by atoms with E-state index in [9.17, 15) is 0 Å². The van der Waals surface area contributed by atoms with Crippen molar-refractivity contribution in [2.75, 3.05) is 20.3 Å². The fourth-order valence-electron chi connectivity index (χ4n) is 0.968. The van der Waals surface area contributed by atoms with Crippen LogP contribution >= 0.6 is 11.6 Å². The van der Waals surface area contributed by atoms with Crippen molar-refractivity contribution in [3.8, 4) is 0 Å². The van der Waals surface area contributed by atoms with Crippen molar-refractivity contribution in [1.82, 2.24) is 5.48 Å². The van der Waals surface area contributed by atoms with Crippen LogP contribution in [0.15, 0.2) is 24.3 Å². The third-order valence-corrected chi connectivity index (χ3v) is 2.08. The van der Waals surface area contributed by atoms with Crippen LogP contribution in [0, 0.1) is 0 Å². The van der Waals surface area contributed by atoms with Crippen molar-refractivity contribution >= 4 is 11.6 Å². The molecule has 3 nitrogen and oxygen atoms in total. The molecule has 0 amide bonds. The van der Waals surface area contributed by atoms with Crippen molar-refractivity contribution in [2.45, 2.75) is 6.54 Å². The molecule has 0 atom stereocenters. The van der Waals surface area contributed by atoms with Crippen LogP contribution in [0.1, 0.15) is 5.56 Å². The first-order valence-corrected chi connectivity index (χ1v) is 4.79. The topological polar surface area (TPSA) is 30.5 Å². The third kappa shape index (κ3) is 4.07. The molecule has 0 fully saturated rings. The summed E-state index contributed by atoms with van der Waals surface area (Å²) in [4.78, 5) is 5.10. The van der Waals surface area contributed by atoms with Crippen molar-refractivity contribution in [2.24, 2.45) is 0 Å². The van der Waals surface area contributed by atoms with E-state index in [1.165, 1.54) is 0 Å². The zero-order valence-corrected chi connectivity index (χ0v) is 8.88. The monoisotopic (exact) mass is 215 g/mol. The van der Waals surface area contributed by atoms with Gasteiger partial charge in [0.25, 0.3) is 0 Å². The molecule has 0 aliphatic heterocycles. The van der Waals surface area contributed by atoms with Gasteiger partial charge in [0.05, 0.1) is 13.2 Å². The standard InChI is InChI=1S/C10H14ClNO2/c1-13-6-7-14-12-8-9-4-2-3-5-10(9)11/h2-5,12H,6-8H2,1H3. The predicted octanol–water partition coefficient (Wildman–Crippen LogP) is 2.01. The van der Waals surface area contributed by atoms with Gasteiger partial charge in [0, 0.05) is 18.7 Å². The molecule has 1 aromatic carbocycles. The van der Waals surface area contributed by atoms with Crippen molar-refractivity contribution in [1.29, 1.82) is 0 Å². The molecular weight excluding hydrogens is 202 g/mol. The quantitative estimate of drug-likeness (QED) is 0.582. The van der Waals surface area contributed by atoms with E-state index in [-0.39, 0.29) is 0 Å². The van der Waals surface area contributed by atoms with Crippen LogP contribution in [0.2, 0.25) is 5.02 Å². The minimum absolute atomic E-state index is 0.529. The number of hydrogen-bond acceptors (Lipinski definition) is 3. The van der Waals surface area contributed by atoms with Gasteiger partial charge in [-0.1, -0.05) is 29.8 Å². The molecule has 0 bridgehead atoms. The normalized spacial score (nSPS) is 10.4. The second kappa shape index (κ2) is 6.79. The van der Waals surface area contributed by atoms with Crippen LogP contribution in [0.25, 0.3) is 0 Å². The molecule has 0 radical (unpaired) electrons. The van der Waals surface area contributed by atoms with Gasteiger partial charge in [0.15, 0.2) is 0 Å². The Kier molecular flexibility index (Phi) is 5.56. The summed E-state index contributed by atoms with van der Waals surface area (Å²) in [6.07, 6.45) is 0. The summed E-state index contributed by atoms with van der Waals surface area (Å²) in [7, 11) is 1.64. The van der Waals surface area contributed by atoms with Gasteiger partial charge in [-0.3, -0.25) is 4.84 Å². The lowest BCUT2D eigenvalue weighted by Crippen LogP contribution is -2.17. The minimum Gasteiger partial charge on any atom is -0.382 e. The first kappa shape index (κ1) is 11.5. The highest BCUT2D eigenvalue weighted by Gasteiger charge is 1.97. The van der Waals surface area contributed by atoms with E-state index in [1.807, 2.05) is 24.3 Å². The molecule has 0 saturated carbocycles. The summed E-state index contributed by atoms with van der Waals surface area (Å²) in [5.74, 6) is 0. The summed E-state index contributed by atoms with van der Waals surface area (Å²) < 4.78 is 4.83. The number of halogens is 1. The molecule has 0 saturated heterocycles. The molecule has 0 unspecified atom stereocenters. The maximum absolute atomic E-state index is 5.94. The Balaban J connectivity index is 2.21. The Morgan fingerprint density at radius 1 is 1.29 bits per heavy atom. The van der Waals surface area contributed by atoms with Gasteiger partial charge in [-0.2, -0.15) is 5.48 Å². The Labute approximate surface area is 88.9 Å². The van der Waals surface area contributed by atoms with Gasteiger partial charge in [-0.05, 0) is 11.6 Å². The third-order valence-electron chi connectivity index (χ3n) is 1.71. The molecule has 14 heavy (non-hydrogen) atoms. The number of ether oxygens (including phenoxy) is 1. The van der Waals surface area contributed by atoms with E-state index in [0.717, 1.165) is 10.6 Å². The van der Waals surface area contributed by atoms with Crippen molar-refractivity contribution < 1.29 is 9.57 Å². The van der Waals surface area contributed by atoms with Crippen molar-refractivity contribution in [3.63, 3.8) is 0 Å². The van der Waals surface area contributed by atoms with E-state index < -0.39 is 0 Å². The van der Waals surface area contributed by atoms with E-state index >= 15 is 0 Å². The Hall–Kier alpha value is -0.610. The average Bonchev–Trinajstić information content (AvgIpc) is 2.20. The van der Waals surface area contributed by atoms with E-state index in [2.05, 4.69) is 5.48 Å². The molecule has 78 valence electrons. The molecule has 0 heterocycles.